The highest BCUT2D eigenvalue weighted by molar-refractivity contribution is 4.85. The maximum absolute atomic E-state index is 9.11. The molecule has 102 valence electrons. The zero-order valence-corrected chi connectivity index (χ0v) is 11.9. The molecule has 1 aliphatic rings. The quantitative estimate of drug-likeness (QED) is 0.744. The minimum absolute atomic E-state index is 0.290. The van der Waals surface area contributed by atoms with Crippen molar-refractivity contribution >= 4 is 0 Å². The van der Waals surface area contributed by atoms with E-state index in [1.807, 2.05) is 0 Å². The number of aliphatic hydroxyl groups is 1. The molecule has 1 saturated heterocycles. The van der Waals surface area contributed by atoms with Crippen LogP contribution in [0.5, 0.6) is 0 Å². The van der Waals surface area contributed by atoms with Crippen molar-refractivity contribution in [1.82, 2.24) is 10.2 Å². The average molecular weight is 242 g/mol. The van der Waals surface area contributed by atoms with Gasteiger partial charge in [0.05, 0.1) is 0 Å². The molecule has 0 aromatic carbocycles. The molecule has 3 atom stereocenters. The van der Waals surface area contributed by atoms with E-state index in [1.54, 1.807) is 0 Å². The van der Waals surface area contributed by atoms with Gasteiger partial charge >= 0.3 is 0 Å². The van der Waals surface area contributed by atoms with E-state index in [9.17, 15) is 0 Å². The molecule has 3 heteroatoms. The lowest BCUT2D eigenvalue weighted by Crippen LogP contribution is -2.52. The van der Waals surface area contributed by atoms with E-state index in [-0.39, 0.29) is 6.61 Å². The normalized spacial score (nSPS) is 28.6. The van der Waals surface area contributed by atoms with Crippen molar-refractivity contribution < 1.29 is 5.11 Å². The summed E-state index contributed by atoms with van der Waals surface area (Å²) in [6, 6.07) is 1.08. The van der Waals surface area contributed by atoms with Gasteiger partial charge in [-0.05, 0) is 37.8 Å². The van der Waals surface area contributed by atoms with Crippen LogP contribution in [-0.2, 0) is 0 Å². The molecule has 0 amide bonds. The Hall–Kier alpha value is -0.120. The highest BCUT2D eigenvalue weighted by Crippen LogP contribution is 2.19. The van der Waals surface area contributed by atoms with Crippen molar-refractivity contribution in [3.05, 3.63) is 0 Å². The van der Waals surface area contributed by atoms with E-state index < -0.39 is 0 Å². The summed E-state index contributed by atoms with van der Waals surface area (Å²) in [7, 11) is 0. The molecule has 0 aliphatic carbocycles. The molecule has 2 N–H and O–H groups in total. The van der Waals surface area contributed by atoms with Crippen LogP contribution in [0.1, 0.15) is 40.5 Å². The first kappa shape index (κ1) is 14.9. The van der Waals surface area contributed by atoms with Crippen LogP contribution in [0.4, 0.5) is 0 Å². The topological polar surface area (TPSA) is 35.5 Å². The van der Waals surface area contributed by atoms with Gasteiger partial charge in [0.2, 0.25) is 0 Å². The van der Waals surface area contributed by atoms with E-state index >= 15 is 0 Å². The summed E-state index contributed by atoms with van der Waals surface area (Å²) in [5.74, 6) is 1.31. The zero-order chi connectivity index (χ0) is 12.8. The van der Waals surface area contributed by atoms with Crippen LogP contribution < -0.4 is 5.32 Å². The van der Waals surface area contributed by atoms with Crippen molar-refractivity contribution in [2.45, 2.75) is 52.6 Å². The van der Waals surface area contributed by atoms with Crippen LogP contribution in [0, 0.1) is 11.8 Å². The average Bonchev–Trinajstić information content (AvgIpc) is 2.30. The van der Waals surface area contributed by atoms with E-state index in [0.717, 1.165) is 6.42 Å². The largest absolute Gasteiger partial charge is 0.396 e. The van der Waals surface area contributed by atoms with Gasteiger partial charge in [0.25, 0.3) is 0 Å². The van der Waals surface area contributed by atoms with Crippen LogP contribution >= 0.6 is 0 Å². The van der Waals surface area contributed by atoms with Gasteiger partial charge in [-0.1, -0.05) is 27.7 Å². The van der Waals surface area contributed by atoms with Gasteiger partial charge in [0.15, 0.2) is 0 Å². The molecule has 1 heterocycles. The smallest absolute Gasteiger partial charge is 0.0445 e. The van der Waals surface area contributed by atoms with E-state index in [0.29, 0.717) is 23.9 Å². The summed E-state index contributed by atoms with van der Waals surface area (Å²) in [4.78, 5) is 2.53. The van der Waals surface area contributed by atoms with Gasteiger partial charge < -0.3 is 15.3 Å². The lowest BCUT2D eigenvalue weighted by Gasteiger charge is -2.39. The molecule has 17 heavy (non-hydrogen) atoms. The second-order valence-electron chi connectivity index (χ2n) is 5.80. The molecule has 0 aromatic rings. The summed E-state index contributed by atoms with van der Waals surface area (Å²) in [5, 5.41) is 12.9. The Bertz CT molecular complexity index is 208. The third-order valence-electron chi connectivity index (χ3n) is 4.11. The number of nitrogens with zero attached hydrogens (tertiary/aromatic N) is 1. The maximum Gasteiger partial charge on any atom is 0.0445 e. The number of piperidine rings is 1. The minimum atomic E-state index is 0.290. The molecule has 3 unspecified atom stereocenters. The Morgan fingerprint density at radius 1 is 1.41 bits per heavy atom. The number of hydrogen-bond donors (Lipinski definition) is 2. The molecule has 1 aliphatic heterocycles. The number of hydrogen-bond acceptors (Lipinski definition) is 3. The number of likely N-dealkylation sites (tertiary alicyclic amines) is 1. The molecular weight excluding hydrogens is 212 g/mol. The zero-order valence-electron chi connectivity index (χ0n) is 11.9. The number of nitrogens with one attached hydrogen (secondary N) is 1. The van der Waals surface area contributed by atoms with Gasteiger partial charge in [0.1, 0.15) is 0 Å². The van der Waals surface area contributed by atoms with Gasteiger partial charge in [-0.2, -0.15) is 0 Å². The van der Waals surface area contributed by atoms with Crippen LogP contribution in [-0.4, -0.2) is 48.3 Å². The fraction of sp³-hybridized carbons (Fsp3) is 1.00. The molecular formula is C14H30N2O. The summed E-state index contributed by atoms with van der Waals surface area (Å²) in [6.07, 6.45) is 2.11. The van der Waals surface area contributed by atoms with Gasteiger partial charge in [-0.25, -0.2) is 0 Å². The number of aliphatic hydroxyl groups excluding tert-OH is 1. The monoisotopic (exact) mass is 242 g/mol. The van der Waals surface area contributed by atoms with Gasteiger partial charge in [-0.3, -0.25) is 0 Å². The van der Waals surface area contributed by atoms with Crippen molar-refractivity contribution in [3.63, 3.8) is 0 Å². The van der Waals surface area contributed by atoms with Crippen molar-refractivity contribution in [2.75, 3.05) is 26.2 Å². The van der Waals surface area contributed by atoms with Crippen molar-refractivity contribution in [2.24, 2.45) is 11.8 Å². The number of rotatable bonds is 6. The van der Waals surface area contributed by atoms with Crippen LogP contribution in [0.2, 0.25) is 0 Å². The molecule has 0 radical (unpaired) electrons. The summed E-state index contributed by atoms with van der Waals surface area (Å²) in [6.45, 7) is 12.9. The first-order valence-electron chi connectivity index (χ1n) is 7.17. The van der Waals surface area contributed by atoms with Crippen LogP contribution in [0.3, 0.4) is 0 Å². The Labute approximate surface area is 107 Å². The van der Waals surface area contributed by atoms with Gasteiger partial charge in [0, 0.05) is 25.2 Å². The third-order valence-corrected chi connectivity index (χ3v) is 4.11. The fourth-order valence-electron chi connectivity index (χ4n) is 2.79. The third kappa shape index (κ3) is 4.57. The molecule has 0 aromatic heterocycles. The molecule has 3 nitrogen and oxygen atoms in total. The van der Waals surface area contributed by atoms with Crippen LogP contribution in [0.25, 0.3) is 0 Å². The lowest BCUT2D eigenvalue weighted by molar-refractivity contribution is 0.133. The van der Waals surface area contributed by atoms with Crippen molar-refractivity contribution in [1.29, 1.82) is 0 Å². The Morgan fingerprint density at radius 2 is 2.12 bits per heavy atom. The second kappa shape index (κ2) is 7.34. The lowest BCUT2D eigenvalue weighted by atomic mass is 9.91. The highest BCUT2D eigenvalue weighted by atomic mass is 16.3. The molecule has 0 spiro atoms. The summed E-state index contributed by atoms with van der Waals surface area (Å²) in [5.41, 5.74) is 0. The predicted octanol–water partition coefficient (Wildman–Crippen LogP) is 1.71. The Balaban J connectivity index is 2.44. The van der Waals surface area contributed by atoms with Gasteiger partial charge in [-0.15, -0.1) is 0 Å². The molecule has 1 fully saturated rings. The first-order valence-corrected chi connectivity index (χ1v) is 7.17. The maximum atomic E-state index is 9.11. The SMILES string of the molecule is CCN1CCC(NC(CCO)C(C)C)C(C)C1. The van der Waals surface area contributed by atoms with E-state index in [1.165, 1.54) is 26.1 Å². The summed E-state index contributed by atoms with van der Waals surface area (Å²) >= 11 is 0. The molecule has 0 saturated carbocycles. The van der Waals surface area contributed by atoms with E-state index in [2.05, 4.69) is 37.9 Å². The molecule has 1 rings (SSSR count). The van der Waals surface area contributed by atoms with Crippen molar-refractivity contribution in [3.8, 4) is 0 Å². The fourth-order valence-corrected chi connectivity index (χ4v) is 2.79. The minimum Gasteiger partial charge on any atom is -0.396 e. The second-order valence-corrected chi connectivity index (χ2v) is 5.80. The first-order chi connectivity index (χ1) is 8.08. The Kier molecular flexibility index (Phi) is 6.45. The standard InChI is InChI=1S/C14H30N2O/c1-5-16-8-6-14(12(4)10-16)15-13(7-9-17)11(2)3/h11-15,17H,5-10H2,1-4H3. The Morgan fingerprint density at radius 3 is 2.59 bits per heavy atom. The summed E-state index contributed by atoms with van der Waals surface area (Å²) < 4.78 is 0. The van der Waals surface area contributed by atoms with Crippen LogP contribution in [0.15, 0.2) is 0 Å². The highest BCUT2D eigenvalue weighted by Gasteiger charge is 2.27. The molecule has 0 bridgehead atoms. The predicted molar refractivity (Wildman–Crippen MR) is 73.1 cm³/mol. The van der Waals surface area contributed by atoms with E-state index in [4.69, 9.17) is 5.11 Å².